The Morgan fingerprint density at radius 1 is 1.88 bits per heavy atom. The van der Waals surface area contributed by atoms with Crippen LogP contribution in [0.1, 0.15) is 6.42 Å². The lowest BCUT2D eigenvalue weighted by atomic mass is 10.3. The van der Waals surface area contributed by atoms with Gasteiger partial charge in [-0.15, -0.1) is 0 Å². The molecule has 0 radical (unpaired) electrons. The summed E-state index contributed by atoms with van der Waals surface area (Å²) in [5, 5.41) is 8.90. The van der Waals surface area contributed by atoms with Crippen molar-refractivity contribution in [2.45, 2.75) is 18.6 Å². The van der Waals surface area contributed by atoms with Gasteiger partial charge in [-0.1, -0.05) is 12.2 Å². The van der Waals surface area contributed by atoms with Gasteiger partial charge < -0.3 is 9.63 Å². The Labute approximate surface area is 52.1 Å². The Bertz CT molecular complexity index is 118. The lowest BCUT2D eigenvalue weighted by Gasteiger charge is -2.03. The Morgan fingerprint density at radius 2 is 2.75 bits per heavy atom. The molecule has 3 heteroatoms. The normalized spacial score (nSPS) is 39.4. The highest BCUT2D eigenvalue weighted by molar-refractivity contribution is 7.09. The van der Waals surface area contributed by atoms with E-state index in [1.54, 1.807) is 12.2 Å². The van der Waals surface area contributed by atoms with Crippen LogP contribution in [0.15, 0.2) is 12.2 Å². The van der Waals surface area contributed by atoms with E-state index >= 15 is 0 Å². The summed E-state index contributed by atoms with van der Waals surface area (Å²) in [6, 6.07) is 0. The highest BCUT2D eigenvalue weighted by Gasteiger charge is 2.14. The Balaban J connectivity index is 2.24. The standard InChI is InChI=1S/C5H9O2P/c6-4-1-2-5(3-4)7-8/h1-2,4-6H,3,8H2/t4-,5+/m0/s1/i8T/t4-,5+,8?. The summed E-state index contributed by atoms with van der Waals surface area (Å²) >= 11 is 0. The van der Waals surface area contributed by atoms with E-state index in [1.807, 2.05) is 0 Å². The summed E-state index contributed by atoms with van der Waals surface area (Å²) in [5.41, 5.74) is 0. The molecule has 1 aliphatic rings. The Hall–Kier alpha value is 0.0900. The molecular formula is C5H9O2P. The van der Waals surface area contributed by atoms with Gasteiger partial charge in [-0.25, -0.2) is 0 Å². The minimum absolute atomic E-state index is 0.0177. The highest BCUT2D eigenvalue weighted by atomic mass is 31.0. The van der Waals surface area contributed by atoms with Crippen LogP contribution < -0.4 is 0 Å². The van der Waals surface area contributed by atoms with Crippen LogP contribution in [0.5, 0.6) is 0 Å². The van der Waals surface area contributed by atoms with Gasteiger partial charge in [0, 0.05) is 15.8 Å². The zero-order chi connectivity index (χ0) is 6.69. The van der Waals surface area contributed by atoms with Crippen LogP contribution in [0.25, 0.3) is 0 Å². The first-order valence-electron chi connectivity index (χ1n) is 3.01. The predicted molar refractivity (Wildman–Crippen MR) is 34.3 cm³/mol. The van der Waals surface area contributed by atoms with Crippen molar-refractivity contribution in [2.24, 2.45) is 0 Å². The number of rotatable bonds is 2. The van der Waals surface area contributed by atoms with Crippen LogP contribution in [0, 0.1) is 0 Å². The van der Waals surface area contributed by atoms with Gasteiger partial charge in [0.1, 0.15) is 0 Å². The van der Waals surface area contributed by atoms with E-state index in [0.29, 0.717) is 6.42 Å². The summed E-state index contributed by atoms with van der Waals surface area (Å²) in [5.74, 6) is 0. The zero-order valence-electron chi connectivity index (χ0n) is 5.37. The molecule has 2 nitrogen and oxygen atoms in total. The van der Waals surface area contributed by atoms with Gasteiger partial charge in [0.2, 0.25) is 0 Å². The molecule has 0 spiro atoms. The van der Waals surface area contributed by atoms with Crippen molar-refractivity contribution >= 4 is 9.41 Å². The maximum absolute atomic E-state index is 8.90. The van der Waals surface area contributed by atoms with E-state index in [0.717, 1.165) is 0 Å². The third-order valence-electron chi connectivity index (χ3n) is 1.17. The number of hydrogen-bond donors (Lipinski definition) is 1. The number of aliphatic hydroxyl groups excluding tert-OH is 1. The van der Waals surface area contributed by atoms with E-state index in [4.69, 9.17) is 10.9 Å². The van der Waals surface area contributed by atoms with Crippen LogP contribution in [-0.2, 0) is 4.52 Å². The molecule has 1 aliphatic carbocycles. The summed E-state index contributed by atoms with van der Waals surface area (Å²) in [7, 11) is -0.231. The fourth-order valence-electron chi connectivity index (χ4n) is 0.735. The number of hydrogen-bond acceptors (Lipinski definition) is 2. The molecule has 8 heavy (non-hydrogen) atoms. The van der Waals surface area contributed by atoms with Crippen molar-refractivity contribution in [1.29, 1.82) is 1.28 Å². The molecule has 0 aromatic carbocycles. The van der Waals surface area contributed by atoms with Gasteiger partial charge in [-0.05, 0) is 0 Å². The van der Waals surface area contributed by atoms with Gasteiger partial charge in [0.05, 0.1) is 13.5 Å². The third-order valence-corrected chi connectivity index (χ3v) is 1.48. The first-order chi connectivity index (χ1) is 4.33. The van der Waals surface area contributed by atoms with Crippen molar-refractivity contribution in [2.75, 3.05) is 0 Å². The number of aliphatic hydroxyl groups is 1. The molecule has 0 aliphatic heterocycles. The zero-order valence-corrected chi connectivity index (χ0v) is 5.37. The average Bonchev–Trinajstić information content (AvgIpc) is 2.17. The smallest absolute Gasteiger partial charge is 0.0851 e. The lowest BCUT2D eigenvalue weighted by Crippen LogP contribution is -2.05. The predicted octanol–water partition coefficient (Wildman–Crippen LogP) is 0.482. The van der Waals surface area contributed by atoms with Crippen molar-refractivity contribution in [3.05, 3.63) is 12.2 Å². The van der Waals surface area contributed by atoms with Gasteiger partial charge in [0.15, 0.2) is 0 Å². The molecule has 3 atom stereocenters. The van der Waals surface area contributed by atoms with E-state index in [-0.39, 0.29) is 21.6 Å². The Kier molecular flexibility index (Phi) is 1.59. The third kappa shape index (κ3) is 1.28. The first kappa shape index (κ1) is 4.92. The summed E-state index contributed by atoms with van der Waals surface area (Å²) < 4.78 is 11.6. The van der Waals surface area contributed by atoms with Crippen LogP contribution >= 0.6 is 9.41 Å². The molecule has 0 saturated carbocycles. The molecule has 0 aromatic heterocycles. The molecule has 0 aromatic rings. The van der Waals surface area contributed by atoms with Crippen molar-refractivity contribution in [1.82, 2.24) is 0 Å². The topological polar surface area (TPSA) is 29.5 Å². The molecule has 1 rings (SSSR count). The molecular weight excluding hydrogens is 123 g/mol. The van der Waals surface area contributed by atoms with E-state index < -0.39 is 0 Å². The van der Waals surface area contributed by atoms with Crippen LogP contribution in [0.2, 0.25) is 0 Å². The van der Waals surface area contributed by atoms with Gasteiger partial charge in [-0.3, -0.25) is 0 Å². The second kappa shape index (κ2) is 2.58. The van der Waals surface area contributed by atoms with Crippen molar-refractivity contribution in [3.8, 4) is 0 Å². The fourth-order valence-corrected chi connectivity index (χ4v) is 0.910. The minimum Gasteiger partial charge on any atom is -0.389 e. The summed E-state index contributed by atoms with van der Waals surface area (Å²) in [6.07, 6.45) is 3.74. The quantitative estimate of drug-likeness (QED) is 0.439. The molecule has 0 fully saturated rings. The second-order valence-corrected chi connectivity index (χ2v) is 2.08. The van der Waals surface area contributed by atoms with E-state index in [9.17, 15) is 0 Å². The molecule has 1 unspecified atom stereocenters. The molecule has 0 heterocycles. The first-order valence-corrected chi connectivity index (χ1v) is 2.92. The van der Waals surface area contributed by atoms with Crippen molar-refractivity contribution in [3.63, 3.8) is 0 Å². The van der Waals surface area contributed by atoms with Gasteiger partial charge in [0.25, 0.3) is 0 Å². The second-order valence-electron chi connectivity index (χ2n) is 1.84. The highest BCUT2D eigenvalue weighted by Crippen LogP contribution is 2.15. The minimum atomic E-state index is -0.355. The average molecular weight is 134 g/mol. The SMILES string of the molecule is [3H]PO[C@@H]1C=C[C@H](O)C1. The summed E-state index contributed by atoms with van der Waals surface area (Å²) in [6.45, 7) is 0. The van der Waals surface area contributed by atoms with Gasteiger partial charge in [-0.2, -0.15) is 0 Å². The molecule has 0 bridgehead atoms. The lowest BCUT2D eigenvalue weighted by molar-refractivity contribution is 0.177. The molecule has 0 amide bonds. The van der Waals surface area contributed by atoms with Crippen LogP contribution in [-0.4, -0.2) is 18.6 Å². The van der Waals surface area contributed by atoms with Crippen LogP contribution in [0.4, 0.5) is 0 Å². The van der Waals surface area contributed by atoms with Crippen molar-refractivity contribution < 1.29 is 9.63 Å². The maximum Gasteiger partial charge on any atom is 0.0851 e. The molecule has 1 N–H and O–H groups in total. The maximum atomic E-state index is 8.90. The Morgan fingerprint density at radius 3 is 3.25 bits per heavy atom. The molecule has 46 valence electrons. The monoisotopic (exact) mass is 134 g/mol. The van der Waals surface area contributed by atoms with E-state index in [2.05, 4.69) is 0 Å². The largest absolute Gasteiger partial charge is 0.389 e. The fraction of sp³-hybridized carbons (Fsp3) is 0.600. The van der Waals surface area contributed by atoms with Crippen LogP contribution in [0.3, 0.4) is 0 Å². The van der Waals surface area contributed by atoms with Gasteiger partial charge >= 0.3 is 0 Å². The summed E-state index contributed by atoms with van der Waals surface area (Å²) in [4.78, 5) is 0. The molecule has 0 saturated heterocycles. The van der Waals surface area contributed by atoms with E-state index in [1.165, 1.54) is 0 Å².